The average Bonchev–Trinajstić information content (AvgIpc) is 3.06. The first kappa shape index (κ1) is 22.3. The number of carbonyl (C=O) groups excluding carboxylic acids is 1. The molecule has 3 N–H and O–H groups in total. The molecule has 1 aliphatic rings. The molecule has 1 amide bonds. The highest BCUT2D eigenvalue weighted by atomic mass is 19.4. The van der Waals surface area contributed by atoms with Gasteiger partial charge in [0.15, 0.2) is 11.6 Å². The van der Waals surface area contributed by atoms with E-state index in [0.29, 0.717) is 17.9 Å². The van der Waals surface area contributed by atoms with Crippen LogP contribution in [0.4, 0.5) is 19.0 Å². The van der Waals surface area contributed by atoms with Gasteiger partial charge in [0.05, 0.1) is 12.1 Å². The number of anilines is 1. The Labute approximate surface area is 177 Å². The summed E-state index contributed by atoms with van der Waals surface area (Å²) in [4.78, 5) is 17.9. The Morgan fingerprint density at radius 2 is 2.00 bits per heavy atom. The van der Waals surface area contributed by atoms with Crippen LogP contribution in [0.15, 0.2) is 42.7 Å². The Bertz CT molecular complexity index is 948. The number of aromatic nitrogens is 1. The molecule has 0 aliphatic carbocycles. The number of ether oxygens (including phenoxy) is 2. The highest BCUT2D eigenvalue weighted by molar-refractivity contribution is 5.94. The summed E-state index contributed by atoms with van der Waals surface area (Å²) in [7, 11) is 1.53. The van der Waals surface area contributed by atoms with Crippen LogP contribution in [0.5, 0.6) is 11.5 Å². The standard InChI is InChI=1S/C21H23F3N4O3/c1-13-11-28(8-7-14-3-5-16(6-4-14)31-21(22,23)24)12-18(13)30-17-9-15(20(29)26-2)10-27-19(17)25/h3-10,13,18H,11-12H2,1-2H3,(H2,25,27)(H,26,29)/t13-,18-/m0/s1. The smallest absolute Gasteiger partial charge is 0.484 e. The third kappa shape index (κ3) is 6.03. The van der Waals surface area contributed by atoms with Gasteiger partial charge in [0.1, 0.15) is 11.9 Å². The molecule has 1 aromatic carbocycles. The van der Waals surface area contributed by atoms with E-state index in [4.69, 9.17) is 10.5 Å². The van der Waals surface area contributed by atoms with Gasteiger partial charge in [-0.25, -0.2) is 4.98 Å². The molecular weight excluding hydrogens is 413 g/mol. The fraction of sp³-hybridized carbons (Fsp3) is 0.333. The molecule has 0 saturated carbocycles. The molecule has 1 aromatic heterocycles. The number of hydrogen-bond acceptors (Lipinski definition) is 6. The monoisotopic (exact) mass is 436 g/mol. The van der Waals surface area contributed by atoms with E-state index in [2.05, 4.69) is 15.0 Å². The van der Waals surface area contributed by atoms with Gasteiger partial charge < -0.3 is 25.4 Å². The lowest BCUT2D eigenvalue weighted by molar-refractivity contribution is -0.274. The summed E-state index contributed by atoms with van der Waals surface area (Å²) in [5, 5.41) is 2.53. The van der Waals surface area contributed by atoms with Gasteiger partial charge in [0.25, 0.3) is 5.91 Å². The predicted molar refractivity (Wildman–Crippen MR) is 109 cm³/mol. The van der Waals surface area contributed by atoms with Gasteiger partial charge in [-0.2, -0.15) is 0 Å². The molecule has 1 fully saturated rings. The molecule has 2 heterocycles. The van der Waals surface area contributed by atoms with Crippen LogP contribution < -0.4 is 20.5 Å². The number of carbonyl (C=O) groups is 1. The van der Waals surface area contributed by atoms with E-state index in [1.165, 1.54) is 25.4 Å². The summed E-state index contributed by atoms with van der Waals surface area (Å²) in [5.74, 6) is 0.181. The number of halogens is 3. The van der Waals surface area contributed by atoms with Crippen LogP contribution in [0.1, 0.15) is 22.8 Å². The van der Waals surface area contributed by atoms with Gasteiger partial charge in [-0.15, -0.1) is 13.2 Å². The SMILES string of the molecule is CNC(=O)c1cnc(N)c(O[C@H]2CN(C=Cc3ccc(OC(F)(F)F)cc3)C[C@@H]2C)c1. The van der Waals surface area contributed by atoms with Crippen LogP contribution in [-0.2, 0) is 0 Å². The number of amides is 1. The maximum Gasteiger partial charge on any atom is 0.573 e. The summed E-state index contributed by atoms with van der Waals surface area (Å²) >= 11 is 0. The van der Waals surface area contributed by atoms with Crippen molar-refractivity contribution in [1.82, 2.24) is 15.2 Å². The zero-order chi connectivity index (χ0) is 22.6. The van der Waals surface area contributed by atoms with Gasteiger partial charge >= 0.3 is 6.36 Å². The maximum absolute atomic E-state index is 12.2. The van der Waals surface area contributed by atoms with Crippen molar-refractivity contribution in [2.75, 3.05) is 25.9 Å². The highest BCUT2D eigenvalue weighted by Gasteiger charge is 2.31. The van der Waals surface area contributed by atoms with Crippen LogP contribution in [0.3, 0.4) is 0 Å². The Morgan fingerprint density at radius 3 is 2.65 bits per heavy atom. The molecule has 1 saturated heterocycles. The number of nitrogen functional groups attached to an aromatic ring is 1. The first-order valence-corrected chi connectivity index (χ1v) is 9.57. The molecular formula is C21H23F3N4O3. The van der Waals surface area contributed by atoms with Gasteiger partial charge in [-0.05, 0) is 36.0 Å². The molecule has 166 valence electrons. The fourth-order valence-corrected chi connectivity index (χ4v) is 3.20. The number of nitrogens with one attached hydrogen (secondary N) is 1. The van der Waals surface area contributed by atoms with Crippen LogP contribution >= 0.6 is 0 Å². The molecule has 7 nitrogen and oxygen atoms in total. The predicted octanol–water partition coefficient (Wildman–Crippen LogP) is 3.29. The van der Waals surface area contributed by atoms with E-state index in [-0.39, 0.29) is 29.5 Å². The zero-order valence-corrected chi connectivity index (χ0v) is 17.0. The van der Waals surface area contributed by atoms with Gasteiger partial charge in [-0.3, -0.25) is 4.79 Å². The Morgan fingerprint density at radius 1 is 1.29 bits per heavy atom. The number of pyridine rings is 1. The van der Waals surface area contributed by atoms with E-state index in [1.54, 1.807) is 24.3 Å². The fourth-order valence-electron chi connectivity index (χ4n) is 3.20. The second-order valence-corrected chi connectivity index (χ2v) is 7.21. The van der Waals surface area contributed by atoms with Crippen molar-refractivity contribution in [2.45, 2.75) is 19.4 Å². The van der Waals surface area contributed by atoms with E-state index >= 15 is 0 Å². The number of rotatable bonds is 6. The van der Waals surface area contributed by atoms with E-state index in [9.17, 15) is 18.0 Å². The number of alkyl halides is 3. The summed E-state index contributed by atoms with van der Waals surface area (Å²) in [6.45, 7) is 3.34. The van der Waals surface area contributed by atoms with E-state index in [0.717, 1.165) is 12.1 Å². The van der Waals surface area contributed by atoms with Crippen molar-refractivity contribution >= 4 is 17.8 Å². The van der Waals surface area contributed by atoms with Crippen LogP contribution in [0.2, 0.25) is 0 Å². The minimum atomic E-state index is -4.71. The molecule has 0 spiro atoms. The number of nitrogens with two attached hydrogens (primary N) is 1. The molecule has 0 unspecified atom stereocenters. The summed E-state index contributed by atoms with van der Waals surface area (Å²) in [6, 6.07) is 7.18. The molecule has 31 heavy (non-hydrogen) atoms. The number of likely N-dealkylation sites (tertiary alicyclic amines) is 1. The van der Waals surface area contributed by atoms with Crippen LogP contribution in [0, 0.1) is 5.92 Å². The number of nitrogens with zero attached hydrogens (tertiary/aromatic N) is 2. The third-order valence-corrected chi connectivity index (χ3v) is 4.81. The van der Waals surface area contributed by atoms with Crippen molar-refractivity contribution < 1.29 is 27.4 Å². The molecule has 3 rings (SSSR count). The third-order valence-electron chi connectivity index (χ3n) is 4.81. The quantitative estimate of drug-likeness (QED) is 0.722. The minimum absolute atomic E-state index is 0.170. The maximum atomic E-state index is 12.2. The second kappa shape index (κ2) is 9.15. The largest absolute Gasteiger partial charge is 0.573 e. The highest BCUT2D eigenvalue weighted by Crippen LogP contribution is 2.28. The molecule has 0 bridgehead atoms. The van der Waals surface area contributed by atoms with E-state index in [1.807, 2.05) is 18.0 Å². The summed E-state index contributed by atoms with van der Waals surface area (Å²) < 4.78 is 46.6. The molecule has 0 radical (unpaired) electrons. The lowest BCUT2D eigenvalue weighted by Crippen LogP contribution is -2.25. The van der Waals surface area contributed by atoms with Gasteiger partial charge in [0.2, 0.25) is 0 Å². The topological polar surface area (TPSA) is 89.7 Å². The average molecular weight is 436 g/mol. The first-order chi connectivity index (χ1) is 14.6. The Hall–Kier alpha value is -3.43. The molecule has 10 heteroatoms. The van der Waals surface area contributed by atoms with Crippen molar-refractivity contribution in [3.05, 3.63) is 53.9 Å². The van der Waals surface area contributed by atoms with Crippen molar-refractivity contribution in [3.63, 3.8) is 0 Å². The van der Waals surface area contributed by atoms with Gasteiger partial charge in [-0.1, -0.05) is 19.1 Å². The molecule has 1 aliphatic heterocycles. The first-order valence-electron chi connectivity index (χ1n) is 9.57. The molecule has 2 aromatic rings. The second-order valence-electron chi connectivity index (χ2n) is 7.21. The lowest BCUT2D eigenvalue weighted by atomic mass is 10.1. The van der Waals surface area contributed by atoms with Crippen LogP contribution in [-0.4, -0.2) is 48.4 Å². The van der Waals surface area contributed by atoms with Crippen molar-refractivity contribution in [3.8, 4) is 11.5 Å². The normalized spacial score (nSPS) is 18.9. The van der Waals surface area contributed by atoms with Gasteiger partial charge in [0, 0.05) is 25.7 Å². The number of hydrogen-bond donors (Lipinski definition) is 2. The van der Waals surface area contributed by atoms with E-state index < -0.39 is 6.36 Å². The number of benzene rings is 1. The van der Waals surface area contributed by atoms with Crippen molar-refractivity contribution in [2.24, 2.45) is 5.92 Å². The lowest BCUT2D eigenvalue weighted by Gasteiger charge is -2.18. The Kier molecular flexibility index (Phi) is 6.57. The zero-order valence-electron chi connectivity index (χ0n) is 17.0. The van der Waals surface area contributed by atoms with Crippen LogP contribution in [0.25, 0.3) is 6.08 Å². The van der Waals surface area contributed by atoms with Crippen molar-refractivity contribution in [1.29, 1.82) is 0 Å². The summed E-state index contributed by atoms with van der Waals surface area (Å²) in [6.07, 6.45) is 0.170. The minimum Gasteiger partial charge on any atom is -0.484 e. The summed E-state index contributed by atoms with van der Waals surface area (Å²) in [5.41, 5.74) is 6.99. The Balaban J connectivity index is 1.61. The molecule has 2 atom stereocenters.